The second kappa shape index (κ2) is 4.40. The summed E-state index contributed by atoms with van der Waals surface area (Å²) in [5.74, 6) is 0. The first-order chi connectivity index (χ1) is 7.99. The van der Waals surface area contributed by atoms with Gasteiger partial charge in [0.1, 0.15) is 10.2 Å². The molecule has 0 aliphatic heterocycles. The first-order valence-corrected chi connectivity index (χ1v) is 5.89. The summed E-state index contributed by atoms with van der Waals surface area (Å²) in [5.41, 5.74) is 5.62. The van der Waals surface area contributed by atoms with Crippen molar-refractivity contribution in [3.05, 3.63) is 27.3 Å². The van der Waals surface area contributed by atoms with Crippen LogP contribution in [-0.4, -0.2) is 15.0 Å². The molecule has 9 heteroatoms. The molecule has 0 unspecified atom stereocenters. The molecule has 0 atom stereocenters. The molecule has 1 heterocycles. The van der Waals surface area contributed by atoms with Crippen molar-refractivity contribution in [3.8, 4) is 0 Å². The van der Waals surface area contributed by atoms with E-state index in [1.807, 2.05) is 0 Å². The smallest absolute Gasteiger partial charge is 0.288 e. The number of anilines is 1. The van der Waals surface area contributed by atoms with Crippen LogP contribution in [-0.2, 0) is 0 Å². The van der Waals surface area contributed by atoms with Crippen molar-refractivity contribution in [2.45, 2.75) is 0 Å². The number of nitrogens with zero attached hydrogens (tertiary/aromatic N) is 2. The highest BCUT2D eigenvalue weighted by Crippen LogP contribution is 2.37. The molecule has 0 bridgehead atoms. The Morgan fingerprint density at radius 2 is 2.35 bits per heavy atom. The molecule has 0 radical (unpaired) electrons. The van der Waals surface area contributed by atoms with Crippen LogP contribution in [0.4, 0.5) is 10.8 Å². The fraction of sp³-hybridized carbons (Fsp3) is 0. The van der Waals surface area contributed by atoms with E-state index in [4.69, 9.17) is 17.3 Å². The van der Waals surface area contributed by atoms with Gasteiger partial charge in [0, 0.05) is 6.07 Å². The molecular weight excluding hydrogens is 284 g/mol. The number of nitrogens with one attached hydrogen (secondary N) is 1. The van der Waals surface area contributed by atoms with Gasteiger partial charge in [0.05, 0.1) is 9.95 Å². The number of non-ortho nitro benzene ring substituents is 1. The Morgan fingerprint density at radius 3 is 2.94 bits per heavy atom. The van der Waals surface area contributed by atoms with Gasteiger partial charge in [0.2, 0.25) is 0 Å². The Hall–Kier alpha value is -1.51. The molecule has 88 valence electrons. The van der Waals surface area contributed by atoms with Crippen molar-refractivity contribution in [1.82, 2.24) is 4.98 Å². The van der Waals surface area contributed by atoms with Gasteiger partial charge in [-0.2, -0.15) is 0 Å². The largest absolute Gasteiger partial charge is 0.376 e. The molecule has 1 aromatic carbocycles. The van der Waals surface area contributed by atoms with E-state index < -0.39 is 4.92 Å². The van der Waals surface area contributed by atoms with Gasteiger partial charge in [-0.3, -0.25) is 10.1 Å². The van der Waals surface area contributed by atoms with Crippen LogP contribution in [0.15, 0.2) is 12.1 Å². The Bertz CT molecular complexity index is 627. The SMILES string of the molecule is NC(=S)Nc1nc2c(Cl)ccc([N+](=O)[O-])c2s1. The van der Waals surface area contributed by atoms with Crippen LogP contribution in [0, 0.1) is 10.1 Å². The normalized spacial score (nSPS) is 10.4. The third-order valence-corrected chi connectivity index (χ3v) is 3.30. The summed E-state index contributed by atoms with van der Waals surface area (Å²) in [6.45, 7) is 0. The fourth-order valence-corrected chi connectivity index (χ4v) is 2.67. The molecule has 0 aliphatic carbocycles. The third-order valence-electron chi connectivity index (χ3n) is 1.90. The van der Waals surface area contributed by atoms with Crippen molar-refractivity contribution >= 4 is 61.3 Å². The number of rotatable bonds is 2. The van der Waals surface area contributed by atoms with E-state index in [0.717, 1.165) is 11.3 Å². The van der Waals surface area contributed by atoms with Gasteiger partial charge in [-0.1, -0.05) is 22.9 Å². The average Bonchev–Trinajstić information content (AvgIpc) is 2.60. The molecule has 0 spiro atoms. The van der Waals surface area contributed by atoms with Crippen LogP contribution in [0.1, 0.15) is 0 Å². The lowest BCUT2D eigenvalue weighted by atomic mass is 10.3. The number of nitro benzene ring substituents is 1. The van der Waals surface area contributed by atoms with Gasteiger partial charge in [0.15, 0.2) is 10.2 Å². The number of hydrogen-bond donors (Lipinski definition) is 2. The first-order valence-electron chi connectivity index (χ1n) is 4.29. The Balaban J connectivity index is 2.65. The molecular formula is C8H5ClN4O2S2. The molecule has 2 aromatic rings. The molecule has 0 amide bonds. The number of hydrogen-bond acceptors (Lipinski definition) is 5. The van der Waals surface area contributed by atoms with E-state index in [9.17, 15) is 10.1 Å². The predicted molar refractivity (Wildman–Crippen MR) is 71.7 cm³/mol. The summed E-state index contributed by atoms with van der Waals surface area (Å²) in [5, 5.41) is 14.2. The maximum atomic E-state index is 10.8. The number of nitrogens with two attached hydrogens (primary N) is 1. The number of benzene rings is 1. The number of aromatic nitrogens is 1. The zero-order chi connectivity index (χ0) is 12.6. The Labute approximate surface area is 110 Å². The highest BCUT2D eigenvalue weighted by molar-refractivity contribution is 7.80. The number of thiocarbonyl (C=S) groups is 1. The maximum Gasteiger partial charge on any atom is 0.288 e. The third kappa shape index (κ3) is 2.28. The predicted octanol–water partition coefficient (Wildman–Crippen LogP) is 2.51. The Kier molecular flexibility index (Phi) is 3.09. The van der Waals surface area contributed by atoms with E-state index in [1.54, 1.807) is 0 Å². The zero-order valence-corrected chi connectivity index (χ0v) is 10.5. The Morgan fingerprint density at radius 1 is 1.65 bits per heavy atom. The van der Waals surface area contributed by atoms with E-state index in [0.29, 0.717) is 20.4 Å². The lowest BCUT2D eigenvalue weighted by Gasteiger charge is -1.94. The quantitative estimate of drug-likeness (QED) is 0.501. The van der Waals surface area contributed by atoms with Crippen LogP contribution in [0.2, 0.25) is 5.02 Å². The zero-order valence-electron chi connectivity index (χ0n) is 8.14. The summed E-state index contributed by atoms with van der Waals surface area (Å²) >= 11 is 11.7. The molecule has 0 aliphatic rings. The van der Waals surface area contributed by atoms with E-state index in [-0.39, 0.29) is 10.8 Å². The van der Waals surface area contributed by atoms with Crippen LogP contribution in [0.25, 0.3) is 10.2 Å². The average molecular weight is 289 g/mol. The molecule has 2 rings (SSSR count). The molecule has 3 N–H and O–H groups in total. The van der Waals surface area contributed by atoms with Crippen molar-refractivity contribution in [2.24, 2.45) is 5.73 Å². The van der Waals surface area contributed by atoms with E-state index in [2.05, 4.69) is 22.5 Å². The van der Waals surface area contributed by atoms with Crippen molar-refractivity contribution in [1.29, 1.82) is 0 Å². The number of thiazole rings is 1. The molecule has 0 fully saturated rings. The van der Waals surface area contributed by atoms with Gasteiger partial charge in [-0.05, 0) is 18.3 Å². The molecule has 6 nitrogen and oxygen atoms in total. The second-order valence-electron chi connectivity index (χ2n) is 3.01. The summed E-state index contributed by atoms with van der Waals surface area (Å²) in [6.07, 6.45) is 0. The minimum Gasteiger partial charge on any atom is -0.376 e. The minimum atomic E-state index is -0.485. The van der Waals surface area contributed by atoms with Gasteiger partial charge in [-0.25, -0.2) is 4.98 Å². The molecule has 1 aromatic heterocycles. The second-order valence-corrected chi connectivity index (χ2v) is 4.86. The molecule has 0 saturated heterocycles. The minimum absolute atomic E-state index is 0.0436. The summed E-state index contributed by atoms with van der Waals surface area (Å²) in [4.78, 5) is 14.4. The number of fused-ring (bicyclic) bond motifs is 1. The summed E-state index contributed by atoms with van der Waals surface area (Å²) in [6, 6.07) is 2.78. The highest BCUT2D eigenvalue weighted by atomic mass is 35.5. The topological polar surface area (TPSA) is 94.1 Å². The molecule has 0 saturated carbocycles. The lowest BCUT2D eigenvalue weighted by Crippen LogP contribution is -2.18. The lowest BCUT2D eigenvalue weighted by molar-refractivity contribution is -0.382. The standard InChI is InChI=1S/C8H5ClN4O2S2/c9-3-1-2-4(13(14)15)6-5(3)11-8(17-6)12-7(10)16/h1-2H,(H3,10,11,12,16). The maximum absolute atomic E-state index is 10.8. The fourth-order valence-electron chi connectivity index (χ4n) is 1.26. The summed E-state index contributed by atoms with van der Waals surface area (Å²) in [7, 11) is 0. The van der Waals surface area contributed by atoms with Crippen molar-refractivity contribution in [3.63, 3.8) is 0 Å². The van der Waals surface area contributed by atoms with Gasteiger partial charge < -0.3 is 11.1 Å². The van der Waals surface area contributed by atoms with Gasteiger partial charge in [0.25, 0.3) is 5.69 Å². The highest BCUT2D eigenvalue weighted by Gasteiger charge is 2.18. The van der Waals surface area contributed by atoms with Crippen molar-refractivity contribution < 1.29 is 4.92 Å². The van der Waals surface area contributed by atoms with Crippen LogP contribution < -0.4 is 11.1 Å². The molecule has 17 heavy (non-hydrogen) atoms. The van der Waals surface area contributed by atoms with Crippen LogP contribution >= 0.6 is 35.2 Å². The number of halogens is 1. The van der Waals surface area contributed by atoms with E-state index >= 15 is 0 Å². The van der Waals surface area contributed by atoms with Gasteiger partial charge in [-0.15, -0.1) is 0 Å². The van der Waals surface area contributed by atoms with Crippen molar-refractivity contribution in [2.75, 3.05) is 5.32 Å². The first kappa shape index (κ1) is 12.0. The monoisotopic (exact) mass is 288 g/mol. The van der Waals surface area contributed by atoms with Crippen LogP contribution in [0.5, 0.6) is 0 Å². The number of nitro groups is 1. The van der Waals surface area contributed by atoms with E-state index in [1.165, 1.54) is 12.1 Å². The summed E-state index contributed by atoms with van der Waals surface area (Å²) < 4.78 is 0.390. The van der Waals surface area contributed by atoms with Gasteiger partial charge >= 0.3 is 0 Å². The van der Waals surface area contributed by atoms with Crippen LogP contribution in [0.3, 0.4) is 0 Å².